The van der Waals surface area contributed by atoms with Crippen LogP contribution in [0.1, 0.15) is 16.7 Å². The number of hydrogen-bond donors (Lipinski definition) is 1. The van der Waals surface area contributed by atoms with E-state index in [1.54, 1.807) is 6.20 Å². The highest BCUT2D eigenvalue weighted by molar-refractivity contribution is 6.08. The predicted octanol–water partition coefficient (Wildman–Crippen LogP) is 6.25. The van der Waals surface area contributed by atoms with E-state index in [0.29, 0.717) is 19.0 Å². The van der Waals surface area contributed by atoms with E-state index in [2.05, 4.69) is 75.7 Å². The molecule has 0 radical (unpaired) electrons. The van der Waals surface area contributed by atoms with Crippen LogP contribution in [0.2, 0.25) is 0 Å². The maximum atomic E-state index is 5.82. The Morgan fingerprint density at radius 2 is 1.69 bits per heavy atom. The van der Waals surface area contributed by atoms with Gasteiger partial charge in [0.25, 0.3) is 0 Å². The first-order valence-corrected chi connectivity index (χ1v) is 10.6. The maximum absolute atomic E-state index is 5.82. The third-order valence-electron chi connectivity index (χ3n) is 5.38. The molecule has 2 aromatic carbocycles. The Labute approximate surface area is 187 Å². The number of hydrogen-bond acceptors (Lipinski definition) is 3. The average molecular weight is 418 g/mol. The van der Waals surface area contributed by atoms with Gasteiger partial charge in [-0.05, 0) is 46.5 Å². The van der Waals surface area contributed by atoms with E-state index in [-0.39, 0.29) is 0 Å². The zero-order valence-electron chi connectivity index (χ0n) is 17.6. The van der Waals surface area contributed by atoms with E-state index in [9.17, 15) is 0 Å². The first-order valence-electron chi connectivity index (χ1n) is 10.6. The number of ether oxygens (including phenoxy) is 1. The van der Waals surface area contributed by atoms with Gasteiger partial charge in [0.2, 0.25) is 5.88 Å². The lowest BCUT2D eigenvalue weighted by molar-refractivity contribution is 0.293. The third-order valence-corrected chi connectivity index (χ3v) is 5.38. The summed E-state index contributed by atoms with van der Waals surface area (Å²) < 4.78 is 5.82. The molecule has 1 N–H and O–H groups in total. The summed E-state index contributed by atoms with van der Waals surface area (Å²) in [5.74, 6) is 0.626. The van der Waals surface area contributed by atoms with Crippen molar-refractivity contribution in [2.45, 2.75) is 6.61 Å². The lowest BCUT2D eigenvalue weighted by Crippen LogP contribution is -1.99. The Hall–Kier alpha value is -4.18. The van der Waals surface area contributed by atoms with Crippen LogP contribution in [0.15, 0.2) is 108 Å². The Kier molecular flexibility index (Phi) is 5.75. The van der Waals surface area contributed by atoms with E-state index in [1.165, 1.54) is 16.5 Å². The molecule has 0 atom stereocenters. The molecule has 4 heteroatoms. The summed E-state index contributed by atoms with van der Waals surface area (Å²) >= 11 is 0. The molecule has 2 aromatic heterocycles. The largest absolute Gasteiger partial charge is 0.473 e. The quantitative estimate of drug-likeness (QED) is 0.386. The van der Waals surface area contributed by atoms with Crippen molar-refractivity contribution in [1.29, 1.82) is 0 Å². The zero-order chi connectivity index (χ0) is 21.6. The molecule has 0 saturated carbocycles. The number of aromatic amines is 1. The molecular formula is C28H23N3O. The van der Waals surface area contributed by atoms with Crippen LogP contribution in [0.3, 0.4) is 0 Å². The van der Waals surface area contributed by atoms with Crippen molar-refractivity contribution in [1.82, 2.24) is 9.97 Å². The number of aliphatic imine (C=N–C) groups is 1. The van der Waals surface area contributed by atoms with Crippen molar-refractivity contribution in [2.24, 2.45) is 4.99 Å². The first-order chi connectivity index (χ1) is 15.8. The van der Waals surface area contributed by atoms with Crippen molar-refractivity contribution in [2.75, 3.05) is 6.54 Å². The number of aromatic nitrogens is 2. The molecular weight excluding hydrogens is 394 g/mol. The van der Waals surface area contributed by atoms with Crippen molar-refractivity contribution in [3.8, 4) is 5.88 Å². The van der Waals surface area contributed by atoms with Gasteiger partial charge in [0, 0.05) is 29.4 Å². The van der Waals surface area contributed by atoms with Crippen LogP contribution in [-0.4, -0.2) is 22.2 Å². The van der Waals surface area contributed by atoms with Crippen LogP contribution in [0.5, 0.6) is 5.88 Å². The molecule has 4 nitrogen and oxygen atoms in total. The van der Waals surface area contributed by atoms with Crippen molar-refractivity contribution in [3.63, 3.8) is 0 Å². The van der Waals surface area contributed by atoms with Crippen LogP contribution >= 0.6 is 0 Å². The lowest BCUT2D eigenvalue weighted by atomic mass is 10.1. The monoisotopic (exact) mass is 417 g/mol. The SMILES string of the molecule is C1=C(/C=C/c2c[nH]c3ccccc23)CN=C1/C=C/c1ccccc1COc1ccccn1. The molecule has 156 valence electrons. The van der Waals surface area contributed by atoms with Gasteiger partial charge in [0.1, 0.15) is 6.61 Å². The van der Waals surface area contributed by atoms with Crippen LogP contribution in [-0.2, 0) is 6.61 Å². The Balaban J connectivity index is 1.25. The number of nitrogens with one attached hydrogen (secondary N) is 1. The standard InChI is InChI=1S/C28H23N3O/c1-2-8-24(20-32-28-11-5-6-16-29-28)22(7-1)14-15-25-17-21(18-30-25)12-13-23-19-31-27-10-4-3-9-26(23)27/h1-17,19,31H,18,20H2/b13-12+,15-14+. The summed E-state index contributed by atoms with van der Waals surface area (Å²) in [4.78, 5) is 12.2. The number of rotatable bonds is 7. The first kappa shape index (κ1) is 19.8. The topological polar surface area (TPSA) is 50.3 Å². The molecule has 1 aliphatic heterocycles. The van der Waals surface area contributed by atoms with Crippen LogP contribution < -0.4 is 4.74 Å². The van der Waals surface area contributed by atoms with Gasteiger partial charge in [-0.15, -0.1) is 0 Å². The average Bonchev–Trinajstić information content (AvgIpc) is 3.48. The minimum absolute atomic E-state index is 0.471. The Morgan fingerprint density at radius 3 is 2.62 bits per heavy atom. The fraction of sp³-hybridized carbons (Fsp3) is 0.0714. The number of para-hydroxylation sites is 1. The molecule has 0 spiro atoms. The van der Waals surface area contributed by atoms with Gasteiger partial charge in [0.15, 0.2) is 0 Å². The molecule has 0 amide bonds. The number of fused-ring (bicyclic) bond motifs is 1. The normalized spacial score (nSPS) is 13.8. The Morgan fingerprint density at radius 1 is 0.844 bits per heavy atom. The van der Waals surface area contributed by atoms with E-state index in [1.807, 2.05) is 42.6 Å². The van der Waals surface area contributed by atoms with Gasteiger partial charge in [0.05, 0.1) is 12.3 Å². The summed E-state index contributed by atoms with van der Waals surface area (Å²) in [6.07, 6.45) is 14.4. The summed E-state index contributed by atoms with van der Waals surface area (Å²) in [6, 6.07) is 22.2. The molecule has 0 aliphatic carbocycles. The highest BCUT2D eigenvalue weighted by Gasteiger charge is 2.06. The van der Waals surface area contributed by atoms with Gasteiger partial charge in [-0.25, -0.2) is 4.98 Å². The maximum Gasteiger partial charge on any atom is 0.213 e. The van der Waals surface area contributed by atoms with Gasteiger partial charge in [-0.1, -0.05) is 66.8 Å². The molecule has 5 rings (SSSR count). The zero-order valence-corrected chi connectivity index (χ0v) is 17.6. The third kappa shape index (κ3) is 4.60. The minimum Gasteiger partial charge on any atom is -0.473 e. The number of nitrogens with zero attached hydrogens (tertiary/aromatic N) is 2. The summed E-state index contributed by atoms with van der Waals surface area (Å²) in [6.45, 7) is 1.17. The molecule has 3 heterocycles. The molecule has 0 unspecified atom stereocenters. The van der Waals surface area contributed by atoms with Crippen molar-refractivity contribution < 1.29 is 4.74 Å². The number of H-pyrrole nitrogens is 1. The van der Waals surface area contributed by atoms with E-state index < -0.39 is 0 Å². The van der Waals surface area contributed by atoms with Crippen molar-refractivity contribution in [3.05, 3.63) is 120 Å². The minimum atomic E-state index is 0.471. The van der Waals surface area contributed by atoms with E-state index >= 15 is 0 Å². The highest BCUT2D eigenvalue weighted by atomic mass is 16.5. The van der Waals surface area contributed by atoms with Crippen LogP contribution in [0.25, 0.3) is 23.1 Å². The number of allylic oxidation sites excluding steroid dienone is 2. The Bertz CT molecular complexity index is 1340. The van der Waals surface area contributed by atoms with E-state index in [4.69, 9.17) is 4.74 Å². The van der Waals surface area contributed by atoms with Crippen LogP contribution in [0.4, 0.5) is 0 Å². The number of pyridine rings is 1. The predicted molar refractivity (Wildman–Crippen MR) is 132 cm³/mol. The highest BCUT2D eigenvalue weighted by Crippen LogP contribution is 2.20. The fourth-order valence-electron chi connectivity index (χ4n) is 3.68. The van der Waals surface area contributed by atoms with Gasteiger partial charge in [-0.3, -0.25) is 4.99 Å². The van der Waals surface area contributed by atoms with Gasteiger partial charge in [-0.2, -0.15) is 0 Å². The summed E-state index contributed by atoms with van der Waals surface area (Å²) in [5.41, 5.74) is 6.73. The number of benzene rings is 2. The molecule has 0 saturated heterocycles. The van der Waals surface area contributed by atoms with Crippen molar-refractivity contribution >= 4 is 28.8 Å². The second-order valence-corrected chi connectivity index (χ2v) is 7.57. The van der Waals surface area contributed by atoms with Crippen LogP contribution in [0, 0.1) is 0 Å². The molecule has 1 aliphatic rings. The molecule has 0 bridgehead atoms. The second kappa shape index (κ2) is 9.31. The second-order valence-electron chi connectivity index (χ2n) is 7.57. The summed E-state index contributed by atoms with van der Waals surface area (Å²) in [5, 5.41) is 1.23. The van der Waals surface area contributed by atoms with Gasteiger partial charge < -0.3 is 9.72 Å². The molecule has 4 aromatic rings. The lowest BCUT2D eigenvalue weighted by Gasteiger charge is -2.07. The molecule has 32 heavy (non-hydrogen) atoms. The van der Waals surface area contributed by atoms with E-state index in [0.717, 1.165) is 22.4 Å². The fourth-order valence-corrected chi connectivity index (χ4v) is 3.68. The molecule has 0 fully saturated rings. The van der Waals surface area contributed by atoms with Gasteiger partial charge >= 0.3 is 0 Å². The smallest absolute Gasteiger partial charge is 0.213 e. The summed E-state index contributed by atoms with van der Waals surface area (Å²) in [7, 11) is 0.